The Morgan fingerprint density at radius 2 is 1.92 bits per heavy atom. The predicted molar refractivity (Wildman–Crippen MR) is 140 cm³/mol. The second kappa shape index (κ2) is 11.2. The highest BCUT2D eigenvalue weighted by atomic mass is 32.2. The largest absolute Gasteiger partial charge is 0.477 e. The van der Waals surface area contributed by atoms with E-state index in [1.807, 2.05) is 18.2 Å². The van der Waals surface area contributed by atoms with Crippen molar-refractivity contribution in [3.8, 4) is 0 Å². The van der Waals surface area contributed by atoms with Crippen LogP contribution in [0.1, 0.15) is 33.8 Å². The highest BCUT2D eigenvalue weighted by Crippen LogP contribution is 2.28. The highest BCUT2D eigenvalue weighted by molar-refractivity contribution is 7.80. The number of anilines is 5. The van der Waals surface area contributed by atoms with Crippen LogP contribution in [-0.4, -0.2) is 66.1 Å². The molecule has 1 atom stereocenters. The third-order valence-electron chi connectivity index (χ3n) is 5.72. The SMILES string of the molecule is Cc1nc(Nc2nc(NCc3ccc(N(C)S(=O)O)cc3)cc(N3CCC(O)CC3)n2)sc1C(=O)O. The minimum absolute atomic E-state index is 0.149. The predicted octanol–water partition coefficient (Wildman–Crippen LogP) is 2.83. The Hall–Kier alpha value is -3.33. The van der Waals surface area contributed by atoms with Crippen molar-refractivity contribution in [3.63, 3.8) is 0 Å². The molecule has 0 radical (unpaired) electrons. The zero-order chi connectivity index (χ0) is 25.8. The third kappa shape index (κ3) is 6.26. The Balaban J connectivity index is 1.54. The maximum absolute atomic E-state index is 11.4. The number of aromatic carboxylic acids is 1. The molecule has 3 aromatic rings. The van der Waals surface area contributed by atoms with Gasteiger partial charge in [-0.1, -0.05) is 23.5 Å². The Labute approximate surface area is 214 Å². The zero-order valence-electron chi connectivity index (χ0n) is 19.7. The summed E-state index contributed by atoms with van der Waals surface area (Å²) in [5.41, 5.74) is 1.96. The standard InChI is InChI=1S/C22H27N7O5S2/c1-13-19(20(31)32)35-22(24-13)27-21-25-17(11-18(26-21)29-9-7-16(30)8-10-29)23-12-14-3-5-15(6-4-14)28(2)36(33)34/h3-6,11,16,30H,7-10,12H2,1-2H3,(H,31,32)(H,33,34)(H2,23,24,25,26,27). The van der Waals surface area contributed by atoms with Crippen LogP contribution in [0.3, 0.4) is 0 Å². The van der Waals surface area contributed by atoms with E-state index in [1.165, 1.54) is 11.4 Å². The van der Waals surface area contributed by atoms with Crippen LogP contribution in [0.25, 0.3) is 0 Å². The molecule has 0 bridgehead atoms. The fourth-order valence-corrected chi connectivity index (χ4v) is 4.79. The number of nitrogens with zero attached hydrogens (tertiary/aromatic N) is 5. The van der Waals surface area contributed by atoms with Gasteiger partial charge in [0.05, 0.1) is 17.5 Å². The molecular formula is C22H27N7O5S2. The van der Waals surface area contributed by atoms with Gasteiger partial charge in [0.15, 0.2) is 5.13 Å². The number of carboxylic acids is 1. The van der Waals surface area contributed by atoms with Gasteiger partial charge in [-0.2, -0.15) is 9.97 Å². The molecule has 0 spiro atoms. The number of rotatable bonds is 9. The van der Waals surface area contributed by atoms with Gasteiger partial charge < -0.3 is 20.4 Å². The van der Waals surface area contributed by atoms with Crippen LogP contribution < -0.4 is 19.8 Å². The summed E-state index contributed by atoms with van der Waals surface area (Å²) in [5.74, 6) is 0.465. The zero-order valence-corrected chi connectivity index (χ0v) is 21.3. The first-order valence-corrected chi connectivity index (χ1v) is 13.0. The van der Waals surface area contributed by atoms with Crippen LogP contribution in [-0.2, 0) is 17.8 Å². The first-order chi connectivity index (χ1) is 17.2. The summed E-state index contributed by atoms with van der Waals surface area (Å²) in [6.07, 6.45) is 0.960. The van der Waals surface area contributed by atoms with E-state index >= 15 is 0 Å². The van der Waals surface area contributed by atoms with Gasteiger partial charge in [0.1, 0.15) is 16.5 Å². The number of carboxylic acid groups (broad SMARTS) is 1. The second-order valence-corrected chi connectivity index (χ2v) is 10.3. The summed E-state index contributed by atoms with van der Waals surface area (Å²) in [7, 11) is 1.53. The lowest BCUT2D eigenvalue weighted by atomic mass is 10.1. The van der Waals surface area contributed by atoms with Crippen LogP contribution in [0.2, 0.25) is 0 Å². The number of nitrogens with one attached hydrogen (secondary N) is 2. The quantitative estimate of drug-likeness (QED) is 0.257. The van der Waals surface area contributed by atoms with Crippen molar-refractivity contribution in [1.82, 2.24) is 15.0 Å². The molecule has 14 heteroatoms. The first kappa shape index (κ1) is 25.8. The van der Waals surface area contributed by atoms with Crippen molar-refractivity contribution < 1.29 is 23.8 Å². The number of aromatic nitrogens is 3. The average Bonchev–Trinajstić information content (AvgIpc) is 3.23. The first-order valence-electron chi connectivity index (χ1n) is 11.2. The van der Waals surface area contributed by atoms with Crippen molar-refractivity contribution in [3.05, 3.63) is 46.5 Å². The lowest BCUT2D eigenvalue weighted by Gasteiger charge is -2.30. The van der Waals surface area contributed by atoms with Crippen molar-refractivity contribution in [2.24, 2.45) is 0 Å². The van der Waals surface area contributed by atoms with Gasteiger partial charge in [0, 0.05) is 32.7 Å². The second-order valence-electron chi connectivity index (χ2n) is 8.27. The molecular weight excluding hydrogens is 506 g/mol. The van der Waals surface area contributed by atoms with Gasteiger partial charge in [-0.15, -0.1) is 0 Å². The third-order valence-corrected chi connectivity index (χ3v) is 7.46. The van der Waals surface area contributed by atoms with Gasteiger partial charge in [-0.25, -0.2) is 14.0 Å². The minimum Gasteiger partial charge on any atom is -0.477 e. The number of hydrogen-bond acceptors (Lipinski definition) is 10. The van der Waals surface area contributed by atoms with Crippen molar-refractivity contribution in [2.75, 3.05) is 40.0 Å². The molecule has 1 fully saturated rings. The lowest BCUT2D eigenvalue weighted by Crippen LogP contribution is -2.36. The molecule has 1 aliphatic rings. The number of thiazole rings is 1. The van der Waals surface area contributed by atoms with E-state index in [0.29, 0.717) is 60.6 Å². The molecule has 1 aliphatic heterocycles. The average molecular weight is 534 g/mol. The smallest absolute Gasteiger partial charge is 0.347 e. The van der Waals surface area contributed by atoms with Gasteiger partial charge in [0.2, 0.25) is 5.95 Å². The molecule has 3 heterocycles. The van der Waals surface area contributed by atoms with Crippen LogP contribution in [0.5, 0.6) is 0 Å². The van der Waals surface area contributed by atoms with Crippen LogP contribution >= 0.6 is 11.3 Å². The number of benzene rings is 1. The van der Waals surface area contributed by atoms with Gasteiger partial charge in [0.25, 0.3) is 11.3 Å². The van der Waals surface area contributed by atoms with E-state index in [9.17, 15) is 23.8 Å². The summed E-state index contributed by atoms with van der Waals surface area (Å²) in [6, 6.07) is 9.05. The molecule has 36 heavy (non-hydrogen) atoms. The van der Waals surface area contributed by atoms with Crippen LogP contribution in [0.4, 0.5) is 28.4 Å². The summed E-state index contributed by atoms with van der Waals surface area (Å²) in [4.78, 5) is 27.0. The fourth-order valence-electron chi connectivity index (χ4n) is 3.69. The van der Waals surface area contributed by atoms with E-state index in [-0.39, 0.29) is 16.9 Å². The van der Waals surface area contributed by atoms with E-state index in [0.717, 1.165) is 16.9 Å². The van der Waals surface area contributed by atoms with Crippen LogP contribution in [0, 0.1) is 6.92 Å². The lowest BCUT2D eigenvalue weighted by molar-refractivity contribution is 0.0701. The molecule has 1 aromatic carbocycles. The van der Waals surface area contributed by atoms with Gasteiger partial charge in [-0.05, 0) is 37.5 Å². The van der Waals surface area contributed by atoms with E-state index in [4.69, 9.17) is 0 Å². The van der Waals surface area contributed by atoms with E-state index in [1.54, 1.807) is 19.1 Å². The molecule has 1 saturated heterocycles. The molecule has 5 N–H and O–H groups in total. The van der Waals surface area contributed by atoms with E-state index in [2.05, 4.69) is 30.5 Å². The Morgan fingerprint density at radius 1 is 1.22 bits per heavy atom. The van der Waals surface area contributed by atoms with Crippen molar-refractivity contribution in [1.29, 1.82) is 0 Å². The molecule has 2 aromatic heterocycles. The molecule has 0 aliphatic carbocycles. The molecule has 4 rings (SSSR count). The molecule has 0 amide bonds. The molecule has 12 nitrogen and oxygen atoms in total. The topological polar surface area (TPSA) is 164 Å². The maximum atomic E-state index is 11.4. The summed E-state index contributed by atoms with van der Waals surface area (Å²) < 4.78 is 21.7. The Bertz CT molecular complexity index is 1250. The molecule has 1 unspecified atom stereocenters. The minimum atomic E-state index is -2.09. The summed E-state index contributed by atoms with van der Waals surface area (Å²) in [5, 5.41) is 25.9. The van der Waals surface area contributed by atoms with Gasteiger partial charge >= 0.3 is 5.97 Å². The number of aryl methyl sites for hydroxylation is 1. The number of piperidine rings is 1. The van der Waals surface area contributed by atoms with Gasteiger partial charge in [-0.3, -0.25) is 14.2 Å². The summed E-state index contributed by atoms with van der Waals surface area (Å²) >= 11 is -1.08. The Morgan fingerprint density at radius 3 is 2.53 bits per heavy atom. The maximum Gasteiger partial charge on any atom is 0.347 e. The normalized spacial score (nSPS) is 14.9. The number of carbonyl (C=O) groups is 1. The fraction of sp³-hybridized carbons (Fsp3) is 0.364. The number of aliphatic hydroxyl groups excluding tert-OH is 1. The summed E-state index contributed by atoms with van der Waals surface area (Å²) in [6.45, 7) is 3.38. The van der Waals surface area contributed by atoms with E-state index < -0.39 is 17.2 Å². The van der Waals surface area contributed by atoms with Crippen molar-refractivity contribution in [2.45, 2.75) is 32.4 Å². The monoisotopic (exact) mass is 533 g/mol. The van der Waals surface area contributed by atoms with Crippen LogP contribution in [0.15, 0.2) is 30.3 Å². The van der Waals surface area contributed by atoms with Crippen molar-refractivity contribution >= 4 is 57.0 Å². The Kier molecular flexibility index (Phi) is 7.98. The number of aliphatic hydroxyl groups is 1. The number of hydrogen-bond donors (Lipinski definition) is 5. The molecule has 0 saturated carbocycles. The molecule has 192 valence electrons. The highest BCUT2D eigenvalue weighted by Gasteiger charge is 2.20.